The minimum Gasteiger partial charge on any atom is -0.398 e. The molecule has 3 rings (SSSR count). The number of fused-ring (bicyclic) bond motifs is 1. The van der Waals surface area contributed by atoms with Crippen LogP contribution >= 0.6 is 0 Å². The number of nitrogens with one attached hydrogen (secondary N) is 1. The van der Waals surface area contributed by atoms with Gasteiger partial charge in [-0.15, -0.1) is 0 Å². The Morgan fingerprint density at radius 3 is 2.55 bits per heavy atom. The third-order valence-corrected chi connectivity index (χ3v) is 4.33. The Balaban J connectivity index is 2.17. The van der Waals surface area contributed by atoms with Crippen molar-refractivity contribution >= 4 is 32.2 Å². The maximum Gasteiger partial charge on any atom is 0.262 e. The lowest BCUT2D eigenvalue weighted by atomic mass is 10.1. The van der Waals surface area contributed by atoms with Crippen LogP contribution in [0, 0.1) is 0 Å². The molecule has 6 nitrogen and oxygen atoms in total. The predicted molar refractivity (Wildman–Crippen MR) is 75.7 cm³/mol. The van der Waals surface area contributed by atoms with E-state index in [-0.39, 0.29) is 10.6 Å². The molecule has 0 spiro atoms. The summed E-state index contributed by atoms with van der Waals surface area (Å²) in [5.41, 5.74) is 6.67. The van der Waals surface area contributed by atoms with Crippen molar-refractivity contribution < 1.29 is 12.9 Å². The minimum absolute atomic E-state index is 0.156. The Morgan fingerprint density at radius 1 is 1.10 bits per heavy atom. The lowest BCUT2D eigenvalue weighted by Gasteiger charge is -2.10. The highest BCUT2D eigenvalue weighted by molar-refractivity contribution is 7.93. The van der Waals surface area contributed by atoms with Crippen LogP contribution in [0.1, 0.15) is 0 Å². The standard InChI is InChI=1S/C13H11N3O3S/c14-12-5-6-13(11-4-2-1-3-10(11)12)20(17,18)16-9-7-15-19-8-9/h1-8,16H,14H2. The van der Waals surface area contributed by atoms with Gasteiger partial charge in [-0.1, -0.05) is 29.4 Å². The number of aromatic nitrogens is 1. The highest BCUT2D eigenvalue weighted by Crippen LogP contribution is 2.28. The van der Waals surface area contributed by atoms with Gasteiger partial charge in [0.1, 0.15) is 12.0 Å². The number of nitrogens with two attached hydrogens (primary N) is 1. The highest BCUT2D eigenvalue weighted by atomic mass is 32.2. The monoisotopic (exact) mass is 289 g/mol. The van der Waals surface area contributed by atoms with Crippen molar-refractivity contribution in [2.45, 2.75) is 4.90 Å². The van der Waals surface area contributed by atoms with E-state index < -0.39 is 10.0 Å². The molecule has 3 aromatic rings. The van der Waals surface area contributed by atoms with Crippen LogP contribution in [0.5, 0.6) is 0 Å². The fourth-order valence-corrected chi connectivity index (χ4v) is 3.23. The van der Waals surface area contributed by atoms with Gasteiger partial charge >= 0.3 is 0 Å². The second kappa shape index (κ2) is 4.53. The molecule has 0 saturated heterocycles. The van der Waals surface area contributed by atoms with Crippen LogP contribution in [-0.2, 0) is 10.0 Å². The van der Waals surface area contributed by atoms with Crippen molar-refractivity contribution in [2.75, 3.05) is 10.5 Å². The maximum absolute atomic E-state index is 12.4. The summed E-state index contributed by atoms with van der Waals surface area (Å²) < 4.78 is 31.8. The van der Waals surface area contributed by atoms with Gasteiger partial charge in [0.05, 0.1) is 11.1 Å². The zero-order chi connectivity index (χ0) is 14.2. The van der Waals surface area contributed by atoms with Gasteiger partial charge in [0, 0.05) is 16.5 Å². The van der Waals surface area contributed by atoms with E-state index >= 15 is 0 Å². The van der Waals surface area contributed by atoms with Gasteiger partial charge in [0.25, 0.3) is 10.0 Å². The van der Waals surface area contributed by atoms with Gasteiger partial charge in [0.2, 0.25) is 0 Å². The number of nitrogens with zero attached hydrogens (tertiary/aromatic N) is 1. The molecule has 1 heterocycles. The van der Waals surface area contributed by atoms with E-state index in [0.29, 0.717) is 16.5 Å². The Kier molecular flexibility index (Phi) is 2.83. The Hall–Kier alpha value is -2.54. The molecule has 0 fully saturated rings. The van der Waals surface area contributed by atoms with Crippen LogP contribution in [0.25, 0.3) is 10.8 Å². The van der Waals surface area contributed by atoms with Crippen molar-refractivity contribution in [3.05, 3.63) is 48.9 Å². The van der Waals surface area contributed by atoms with Crippen LogP contribution in [0.3, 0.4) is 0 Å². The summed E-state index contributed by atoms with van der Waals surface area (Å²) in [6, 6.07) is 10.1. The molecule has 20 heavy (non-hydrogen) atoms. The van der Waals surface area contributed by atoms with Crippen molar-refractivity contribution in [3.63, 3.8) is 0 Å². The second-order valence-corrected chi connectivity index (χ2v) is 5.87. The first kappa shape index (κ1) is 12.5. The van der Waals surface area contributed by atoms with Gasteiger partial charge in [-0.25, -0.2) is 8.42 Å². The molecule has 0 aliphatic heterocycles. The summed E-state index contributed by atoms with van der Waals surface area (Å²) in [5.74, 6) is 0. The first-order chi connectivity index (χ1) is 9.58. The topological polar surface area (TPSA) is 98.2 Å². The second-order valence-electron chi connectivity index (χ2n) is 4.22. The number of anilines is 2. The SMILES string of the molecule is Nc1ccc(S(=O)(=O)Nc2cnoc2)c2ccccc12. The van der Waals surface area contributed by atoms with Crippen molar-refractivity contribution in [1.29, 1.82) is 0 Å². The summed E-state index contributed by atoms with van der Waals surface area (Å²) in [6.07, 6.45) is 2.51. The molecule has 0 unspecified atom stereocenters. The molecule has 1 aromatic heterocycles. The van der Waals surface area contributed by atoms with E-state index in [4.69, 9.17) is 5.73 Å². The lowest BCUT2D eigenvalue weighted by molar-refractivity contribution is 0.420. The molecule has 2 aromatic carbocycles. The summed E-state index contributed by atoms with van der Waals surface area (Å²) in [6.45, 7) is 0. The summed E-state index contributed by atoms with van der Waals surface area (Å²) >= 11 is 0. The molecule has 3 N–H and O–H groups in total. The molecular formula is C13H11N3O3S. The van der Waals surface area contributed by atoms with E-state index in [9.17, 15) is 8.42 Å². The summed E-state index contributed by atoms with van der Waals surface area (Å²) in [4.78, 5) is 0.156. The Morgan fingerprint density at radius 2 is 1.85 bits per heavy atom. The molecular weight excluding hydrogens is 278 g/mol. The molecule has 0 radical (unpaired) electrons. The number of hydrogen-bond donors (Lipinski definition) is 2. The van der Waals surface area contributed by atoms with E-state index in [1.807, 2.05) is 6.07 Å². The molecule has 102 valence electrons. The van der Waals surface area contributed by atoms with E-state index in [0.717, 1.165) is 0 Å². The zero-order valence-corrected chi connectivity index (χ0v) is 11.1. The largest absolute Gasteiger partial charge is 0.398 e. The first-order valence-electron chi connectivity index (χ1n) is 5.77. The van der Waals surface area contributed by atoms with Crippen LogP contribution in [0.15, 0.2) is 58.3 Å². The summed E-state index contributed by atoms with van der Waals surface area (Å²) in [7, 11) is -3.73. The molecule has 0 bridgehead atoms. The average Bonchev–Trinajstić information content (AvgIpc) is 2.91. The smallest absolute Gasteiger partial charge is 0.262 e. The van der Waals surface area contributed by atoms with Gasteiger partial charge in [0.15, 0.2) is 0 Å². The van der Waals surface area contributed by atoms with E-state index in [2.05, 4.69) is 14.4 Å². The van der Waals surface area contributed by atoms with Crippen LogP contribution in [-0.4, -0.2) is 13.6 Å². The normalized spacial score (nSPS) is 11.6. The Bertz CT molecular complexity index is 858. The van der Waals surface area contributed by atoms with Gasteiger partial charge < -0.3 is 10.3 Å². The van der Waals surface area contributed by atoms with Crippen molar-refractivity contribution in [1.82, 2.24) is 5.16 Å². The van der Waals surface area contributed by atoms with Crippen molar-refractivity contribution in [2.24, 2.45) is 0 Å². The fourth-order valence-electron chi connectivity index (χ4n) is 1.99. The fraction of sp³-hybridized carbons (Fsp3) is 0. The number of sulfonamides is 1. The molecule has 0 aliphatic rings. The quantitative estimate of drug-likeness (QED) is 0.720. The summed E-state index contributed by atoms with van der Waals surface area (Å²) in [5, 5.41) is 4.72. The molecule has 0 saturated carbocycles. The molecule has 7 heteroatoms. The van der Waals surface area contributed by atoms with E-state index in [1.165, 1.54) is 18.5 Å². The average molecular weight is 289 g/mol. The third kappa shape index (κ3) is 2.08. The number of benzene rings is 2. The number of nitrogen functional groups attached to an aromatic ring is 1. The lowest BCUT2D eigenvalue weighted by Crippen LogP contribution is -2.13. The van der Waals surface area contributed by atoms with Gasteiger partial charge in [-0.05, 0) is 12.1 Å². The van der Waals surface area contributed by atoms with E-state index in [1.54, 1.807) is 24.3 Å². The van der Waals surface area contributed by atoms with Crippen LogP contribution in [0.2, 0.25) is 0 Å². The molecule has 0 atom stereocenters. The zero-order valence-electron chi connectivity index (χ0n) is 10.3. The number of hydrogen-bond acceptors (Lipinski definition) is 5. The Labute approximate surface area is 115 Å². The van der Waals surface area contributed by atoms with Crippen LogP contribution in [0.4, 0.5) is 11.4 Å². The minimum atomic E-state index is -3.73. The molecule has 0 aliphatic carbocycles. The maximum atomic E-state index is 12.4. The van der Waals surface area contributed by atoms with Crippen LogP contribution < -0.4 is 10.5 Å². The highest BCUT2D eigenvalue weighted by Gasteiger charge is 2.18. The van der Waals surface area contributed by atoms with Gasteiger partial charge in [-0.3, -0.25) is 4.72 Å². The molecule has 0 amide bonds. The number of rotatable bonds is 3. The predicted octanol–water partition coefficient (Wildman–Crippen LogP) is 2.21. The van der Waals surface area contributed by atoms with Gasteiger partial charge in [-0.2, -0.15) is 0 Å². The third-order valence-electron chi connectivity index (χ3n) is 2.89. The first-order valence-corrected chi connectivity index (χ1v) is 7.26. The van der Waals surface area contributed by atoms with Crippen molar-refractivity contribution in [3.8, 4) is 0 Å².